The largest absolute Gasteiger partial charge is 0.456 e. The summed E-state index contributed by atoms with van der Waals surface area (Å²) in [5, 5.41) is 1.15. The van der Waals surface area contributed by atoms with Gasteiger partial charge in [0.1, 0.15) is 11.3 Å². The molecule has 0 saturated heterocycles. The van der Waals surface area contributed by atoms with Gasteiger partial charge in [0.25, 0.3) is 0 Å². The average molecular weight is 326 g/mol. The summed E-state index contributed by atoms with van der Waals surface area (Å²) in [4.78, 5) is 0. The molecule has 4 rings (SSSR count). The summed E-state index contributed by atoms with van der Waals surface area (Å²) in [7, 11) is 0. The van der Waals surface area contributed by atoms with Crippen LogP contribution in [0.1, 0.15) is 36.5 Å². The summed E-state index contributed by atoms with van der Waals surface area (Å²) in [5.41, 5.74) is 6.11. The molecule has 0 spiro atoms. The van der Waals surface area contributed by atoms with Gasteiger partial charge in [-0.3, -0.25) is 0 Å². The van der Waals surface area contributed by atoms with Gasteiger partial charge in [-0.2, -0.15) is 0 Å². The number of furan rings is 1. The van der Waals surface area contributed by atoms with E-state index in [9.17, 15) is 0 Å². The Morgan fingerprint density at radius 3 is 2.04 bits per heavy atom. The maximum absolute atomic E-state index is 5.95. The summed E-state index contributed by atoms with van der Waals surface area (Å²) < 4.78 is 5.95. The molecule has 1 aromatic heterocycles. The highest BCUT2D eigenvalue weighted by atomic mass is 16.3. The number of benzene rings is 3. The molecule has 1 heteroatoms. The van der Waals surface area contributed by atoms with E-state index in [2.05, 4.69) is 74.5 Å². The first kappa shape index (κ1) is 15.7. The maximum atomic E-state index is 5.95. The Kier molecular flexibility index (Phi) is 4.15. The molecule has 0 saturated carbocycles. The number of hydrogen-bond donors (Lipinski definition) is 0. The van der Waals surface area contributed by atoms with E-state index in [1.54, 1.807) is 0 Å². The zero-order chi connectivity index (χ0) is 17.2. The standard InChI is InChI=1S/C24H22O/c1-17(2)20-11-7-18(8-12-20)15-19-9-13-21(14-10-19)24-16-22-5-3-4-6-23(22)25-24/h3-14,16-17H,15H2,1-2H3. The van der Waals surface area contributed by atoms with Gasteiger partial charge < -0.3 is 4.42 Å². The van der Waals surface area contributed by atoms with E-state index < -0.39 is 0 Å². The fraction of sp³-hybridized carbons (Fsp3) is 0.167. The third kappa shape index (κ3) is 3.36. The zero-order valence-electron chi connectivity index (χ0n) is 14.7. The predicted molar refractivity (Wildman–Crippen MR) is 105 cm³/mol. The molecule has 0 fully saturated rings. The second-order valence-electron chi connectivity index (χ2n) is 6.92. The normalized spacial score (nSPS) is 11.3. The van der Waals surface area contributed by atoms with Gasteiger partial charge in [-0.1, -0.05) is 80.6 Å². The van der Waals surface area contributed by atoms with Crippen molar-refractivity contribution in [3.05, 3.63) is 95.6 Å². The molecule has 124 valence electrons. The molecule has 0 radical (unpaired) electrons. The Morgan fingerprint density at radius 1 is 0.760 bits per heavy atom. The minimum atomic E-state index is 0.581. The van der Waals surface area contributed by atoms with Gasteiger partial charge in [0, 0.05) is 10.9 Å². The van der Waals surface area contributed by atoms with Crippen LogP contribution in [0.4, 0.5) is 0 Å². The van der Waals surface area contributed by atoms with E-state index in [-0.39, 0.29) is 0 Å². The quantitative estimate of drug-likeness (QED) is 0.401. The van der Waals surface area contributed by atoms with Crippen molar-refractivity contribution in [3.8, 4) is 11.3 Å². The maximum Gasteiger partial charge on any atom is 0.135 e. The van der Waals surface area contributed by atoms with Crippen LogP contribution in [0.5, 0.6) is 0 Å². The van der Waals surface area contributed by atoms with Gasteiger partial charge >= 0.3 is 0 Å². The lowest BCUT2D eigenvalue weighted by atomic mass is 9.98. The van der Waals surface area contributed by atoms with E-state index in [4.69, 9.17) is 4.42 Å². The van der Waals surface area contributed by atoms with Gasteiger partial charge in [0.05, 0.1) is 0 Å². The molecule has 0 unspecified atom stereocenters. The number of hydrogen-bond acceptors (Lipinski definition) is 1. The second kappa shape index (κ2) is 6.60. The molecule has 0 aliphatic rings. The van der Waals surface area contributed by atoms with Crippen molar-refractivity contribution < 1.29 is 4.42 Å². The molecular formula is C24H22O. The third-order valence-electron chi connectivity index (χ3n) is 4.72. The summed E-state index contributed by atoms with van der Waals surface area (Å²) in [6, 6.07) is 27.9. The van der Waals surface area contributed by atoms with Crippen LogP contribution in [0.15, 0.2) is 83.3 Å². The van der Waals surface area contributed by atoms with Crippen LogP contribution in [-0.4, -0.2) is 0 Å². The van der Waals surface area contributed by atoms with Crippen molar-refractivity contribution >= 4 is 11.0 Å². The Balaban J connectivity index is 1.53. The molecule has 25 heavy (non-hydrogen) atoms. The highest BCUT2D eigenvalue weighted by molar-refractivity contribution is 5.82. The first-order valence-corrected chi connectivity index (χ1v) is 8.86. The van der Waals surface area contributed by atoms with E-state index in [0.29, 0.717) is 5.92 Å². The lowest BCUT2D eigenvalue weighted by Crippen LogP contribution is -1.91. The zero-order valence-corrected chi connectivity index (χ0v) is 14.7. The van der Waals surface area contributed by atoms with Gasteiger partial charge in [-0.05, 0) is 41.2 Å². The first-order valence-electron chi connectivity index (χ1n) is 8.86. The second-order valence-corrected chi connectivity index (χ2v) is 6.92. The Hall–Kier alpha value is -2.80. The molecular weight excluding hydrogens is 304 g/mol. The highest BCUT2D eigenvalue weighted by Gasteiger charge is 2.06. The summed E-state index contributed by atoms with van der Waals surface area (Å²) in [5.74, 6) is 1.51. The summed E-state index contributed by atoms with van der Waals surface area (Å²) >= 11 is 0. The first-order chi connectivity index (χ1) is 12.2. The van der Waals surface area contributed by atoms with Crippen molar-refractivity contribution in [3.63, 3.8) is 0 Å². The average Bonchev–Trinajstić information content (AvgIpc) is 3.07. The number of fused-ring (bicyclic) bond motifs is 1. The third-order valence-corrected chi connectivity index (χ3v) is 4.72. The summed E-state index contributed by atoms with van der Waals surface area (Å²) in [6.07, 6.45) is 0.957. The van der Waals surface area contributed by atoms with Crippen molar-refractivity contribution in [1.29, 1.82) is 0 Å². The van der Waals surface area contributed by atoms with Gasteiger partial charge in [-0.15, -0.1) is 0 Å². The molecule has 0 aliphatic carbocycles. The Morgan fingerprint density at radius 2 is 1.40 bits per heavy atom. The molecule has 0 bridgehead atoms. The minimum Gasteiger partial charge on any atom is -0.456 e. The van der Waals surface area contributed by atoms with Crippen molar-refractivity contribution in [2.45, 2.75) is 26.2 Å². The smallest absolute Gasteiger partial charge is 0.135 e. The Labute approximate surface area is 148 Å². The van der Waals surface area contributed by atoms with Gasteiger partial charge in [-0.25, -0.2) is 0 Å². The van der Waals surface area contributed by atoms with Crippen molar-refractivity contribution in [2.75, 3.05) is 0 Å². The fourth-order valence-electron chi connectivity index (χ4n) is 3.17. The number of para-hydroxylation sites is 1. The minimum absolute atomic E-state index is 0.581. The van der Waals surface area contributed by atoms with E-state index in [1.807, 2.05) is 18.2 Å². The molecule has 3 aromatic carbocycles. The Bertz CT molecular complexity index is 940. The van der Waals surface area contributed by atoms with Crippen LogP contribution < -0.4 is 0 Å². The van der Waals surface area contributed by atoms with Crippen LogP contribution in [0, 0.1) is 0 Å². The van der Waals surface area contributed by atoms with Gasteiger partial charge in [0.15, 0.2) is 0 Å². The number of rotatable bonds is 4. The van der Waals surface area contributed by atoms with E-state index in [0.717, 1.165) is 28.7 Å². The van der Waals surface area contributed by atoms with Crippen molar-refractivity contribution in [1.82, 2.24) is 0 Å². The lowest BCUT2D eigenvalue weighted by molar-refractivity contribution is 0.631. The van der Waals surface area contributed by atoms with Crippen molar-refractivity contribution in [2.24, 2.45) is 0 Å². The predicted octanol–water partition coefficient (Wildman–Crippen LogP) is 6.81. The van der Waals surface area contributed by atoms with Crippen LogP contribution in [0.3, 0.4) is 0 Å². The van der Waals surface area contributed by atoms with Crippen LogP contribution in [0.2, 0.25) is 0 Å². The summed E-state index contributed by atoms with van der Waals surface area (Å²) in [6.45, 7) is 4.46. The molecule has 0 amide bonds. The highest BCUT2D eigenvalue weighted by Crippen LogP contribution is 2.28. The van der Waals surface area contributed by atoms with Gasteiger partial charge in [0.2, 0.25) is 0 Å². The molecule has 4 aromatic rings. The van der Waals surface area contributed by atoms with Crippen LogP contribution in [-0.2, 0) is 6.42 Å². The van der Waals surface area contributed by atoms with E-state index >= 15 is 0 Å². The molecule has 1 nitrogen and oxygen atoms in total. The van der Waals surface area contributed by atoms with E-state index in [1.165, 1.54) is 16.7 Å². The lowest BCUT2D eigenvalue weighted by Gasteiger charge is -2.07. The fourth-order valence-corrected chi connectivity index (χ4v) is 3.17. The molecule has 0 aliphatic heterocycles. The molecule has 0 atom stereocenters. The van der Waals surface area contributed by atoms with Crippen LogP contribution in [0.25, 0.3) is 22.3 Å². The van der Waals surface area contributed by atoms with Crippen LogP contribution >= 0.6 is 0 Å². The molecule has 0 N–H and O–H groups in total. The SMILES string of the molecule is CC(C)c1ccc(Cc2ccc(-c3cc4ccccc4o3)cc2)cc1. The monoisotopic (exact) mass is 326 g/mol. The molecule has 1 heterocycles. The topological polar surface area (TPSA) is 13.1 Å².